The van der Waals surface area contributed by atoms with Gasteiger partial charge in [-0.3, -0.25) is 0 Å². The van der Waals surface area contributed by atoms with Crippen molar-refractivity contribution in [2.45, 2.75) is 45.3 Å². The molecule has 2 aromatic heterocycles. The van der Waals surface area contributed by atoms with Gasteiger partial charge in [0, 0.05) is 13.1 Å². The summed E-state index contributed by atoms with van der Waals surface area (Å²) in [5, 5.41) is 0.303. The Morgan fingerprint density at radius 2 is 2.08 bits per heavy atom. The molecule has 1 saturated heterocycles. The Kier molecular flexibility index (Phi) is 4.57. The van der Waals surface area contributed by atoms with Gasteiger partial charge in [-0.15, -0.1) is 0 Å². The topological polar surface area (TPSA) is 73.1 Å². The van der Waals surface area contributed by atoms with Gasteiger partial charge < -0.3 is 14.2 Å². The highest BCUT2D eigenvalue weighted by atomic mass is 35.5. The normalized spacial score (nSPS) is 18.9. The molecular formula is C15H19Cl2N5O2. The Hall–Kier alpha value is -1.60. The minimum absolute atomic E-state index is 0.0401. The van der Waals surface area contributed by atoms with Gasteiger partial charge in [-0.25, -0.2) is 14.8 Å². The highest BCUT2D eigenvalue weighted by Crippen LogP contribution is 2.28. The number of fused-ring (bicyclic) bond motifs is 1. The molecule has 7 nitrogen and oxygen atoms in total. The fourth-order valence-corrected chi connectivity index (χ4v) is 3.22. The van der Waals surface area contributed by atoms with Gasteiger partial charge >= 0.3 is 6.09 Å². The maximum absolute atomic E-state index is 12.3. The molecule has 0 aliphatic carbocycles. The van der Waals surface area contributed by atoms with Crippen molar-refractivity contribution in [3.8, 4) is 0 Å². The van der Waals surface area contributed by atoms with Crippen LogP contribution in [0, 0.1) is 0 Å². The number of piperidine rings is 1. The van der Waals surface area contributed by atoms with E-state index in [1.54, 1.807) is 11.2 Å². The van der Waals surface area contributed by atoms with Crippen molar-refractivity contribution in [2.24, 2.45) is 0 Å². The average molecular weight is 372 g/mol. The highest BCUT2D eigenvalue weighted by molar-refractivity contribution is 6.35. The van der Waals surface area contributed by atoms with E-state index in [2.05, 4.69) is 15.0 Å². The molecule has 2 aromatic rings. The number of rotatable bonds is 1. The number of ether oxygens (including phenoxy) is 1. The van der Waals surface area contributed by atoms with Gasteiger partial charge in [0.2, 0.25) is 5.28 Å². The smallest absolute Gasteiger partial charge is 0.410 e. The monoisotopic (exact) mass is 371 g/mol. The summed E-state index contributed by atoms with van der Waals surface area (Å²) in [4.78, 5) is 26.4. The van der Waals surface area contributed by atoms with E-state index in [9.17, 15) is 4.79 Å². The average Bonchev–Trinajstić information content (AvgIpc) is 2.89. The first kappa shape index (κ1) is 17.2. The van der Waals surface area contributed by atoms with Crippen molar-refractivity contribution < 1.29 is 9.53 Å². The molecule has 1 fully saturated rings. The summed E-state index contributed by atoms with van der Waals surface area (Å²) in [7, 11) is 0. The molecule has 0 radical (unpaired) electrons. The number of hydrogen-bond donors (Lipinski definition) is 0. The van der Waals surface area contributed by atoms with Crippen LogP contribution in [-0.4, -0.2) is 49.2 Å². The Morgan fingerprint density at radius 1 is 1.33 bits per heavy atom. The second kappa shape index (κ2) is 6.37. The minimum Gasteiger partial charge on any atom is -0.444 e. The van der Waals surface area contributed by atoms with Crippen molar-refractivity contribution in [1.82, 2.24) is 24.4 Å². The Labute approximate surface area is 149 Å². The van der Waals surface area contributed by atoms with Crippen LogP contribution >= 0.6 is 23.2 Å². The summed E-state index contributed by atoms with van der Waals surface area (Å²) < 4.78 is 7.37. The number of carbonyl (C=O) groups excluding carboxylic acids is 1. The Balaban J connectivity index is 1.84. The lowest BCUT2D eigenvalue weighted by Crippen LogP contribution is -2.43. The van der Waals surface area contributed by atoms with Crippen molar-refractivity contribution in [3.63, 3.8) is 0 Å². The molecule has 0 saturated carbocycles. The van der Waals surface area contributed by atoms with E-state index in [0.717, 1.165) is 12.8 Å². The summed E-state index contributed by atoms with van der Waals surface area (Å²) in [6.45, 7) is 6.78. The van der Waals surface area contributed by atoms with Crippen molar-refractivity contribution in [1.29, 1.82) is 0 Å². The van der Waals surface area contributed by atoms with E-state index in [1.165, 1.54) is 0 Å². The van der Waals surface area contributed by atoms with Crippen LogP contribution in [0.5, 0.6) is 0 Å². The zero-order valence-electron chi connectivity index (χ0n) is 13.8. The molecule has 1 aliphatic heterocycles. The number of carbonyl (C=O) groups is 1. The Bertz CT molecular complexity index is 771. The standard InChI is InChI=1S/C15H19Cl2N5O2/c1-15(2,3)24-14(23)21-6-4-5-9(7-21)22-8-18-10-11(16)19-13(17)20-12(10)22/h8-9H,4-7H2,1-3H3/t9-/m1/s1. The molecule has 1 amide bonds. The van der Waals surface area contributed by atoms with E-state index in [0.29, 0.717) is 24.3 Å². The van der Waals surface area contributed by atoms with E-state index in [-0.39, 0.29) is 22.6 Å². The number of aromatic nitrogens is 4. The van der Waals surface area contributed by atoms with Gasteiger partial charge in [0.15, 0.2) is 10.8 Å². The molecule has 3 heterocycles. The molecule has 130 valence electrons. The molecule has 0 unspecified atom stereocenters. The molecule has 0 spiro atoms. The first-order chi connectivity index (χ1) is 11.2. The van der Waals surface area contributed by atoms with Crippen molar-refractivity contribution in [3.05, 3.63) is 16.8 Å². The predicted octanol–water partition coefficient (Wildman–Crippen LogP) is 3.71. The van der Waals surface area contributed by atoms with Crippen LogP contribution in [0.25, 0.3) is 11.2 Å². The summed E-state index contributed by atoms with van der Waals surface area (Å²) >= 11 is 12.0. The number of imidazole rings is 1. The predicted molar refractivity (Wildman–Crippen MR) is 91.4 cm³/mol. The largest absolute Gasteiger partial charge is 0.444 e. The van der Waals surface area contributed by atoms with Crippen LogP contribution in [-0.2, 0) is 4.74 Å². The van der Waals surface area contributed by atoms with Gasteiger partial charge in [0.25, 0.3) is 0 Å². The quantitative estimate of drug-likeness (QED) is 0.564. The second-order valence-corrected chi connectivity index (χ2v) is 7.53. The van der Waals surface area contributed by atoms with Crippen LogP contribution in [0.15, 0.2) is 6.33 Å². The lowest BCUT2D eigenvalue weighted by Gasteiger charge is -2.34. The van der Waals surface area contributed by atoms with E-state index >= 15 is 0 Å². The fraction of sp³-hybridized carbons (Fsp3) is 0.600. The highest BCUT2D eigenvalue weighted by Gasteiger charge is 2.29. The van der Waals surface area contributed by atoms with Gasteiger partial charge in [-0.05, 0) is 45.2 Å². The van der Waals surface area contributed by atoms with Gasteiger partial charge in [0.05, 0.1) is 12.4 Å². The number of nitrogens with zero attached hydrogens (tertiary/aromatic N) is 5. The third-order valence-electron chi connectivity index (χ3n) is 3.79. The van der Waals surface area contributed by atoms with Crippen LogP contribution < -0.4 is 0 Å². The fourth-order valence-electron chi connectivity index (χ4n) is 2.80. The van der Waals surface area contributed by atoms with Gasteiger partial charge in [-0.2, -0.15) is 4.98 Å². The van der Waals surface area contributed by atoms with Crippen molar-refractivity contribution >= 4 is 40.5 Å². The maximum Gasteiger partial charge on any atom is 0.410 e. The lowest BCUT2D eigenvalue weighted by molar-refractivity contribution is 0.0174. The van der Waals surface area contributed by atoms with Crippen LogP contribution in [0.3, 0.4) is 0 Å². The molecule has 0 N–H and O–H groups in total. The van der Waals surface area contributed by atoms with Gasteiger partial charge in [0.1, 0.15) is 11.1 Å². The van der Waals surface area contributed by atoms with E-state index in [4.69, 9.17) is 27.9 Å². The van der Waals surface area contributed by atoms with Crippen LogP contribution in [0.1, 0.15) is 39.7 Å². The SMILES string of the molecule is CC(C)(C)OC(=O)N1CCC[C@@H](n2cnc3c(Cl)nc(Cl)nc32)C1. The lowest BCUT2D eigenvalue weighted by atomic mass is 10.1. The second-order valence-electron chi connectivity index (χ2n) is 6.83. The van der Waals surface area contributed by atoms with Gasteiger partial charge in [-0.1, -0.05) is 11.6 Å². The first-order valence-electron chi connectivity index (χ1n) is 7.78. The minimum atomic E-state index is -0.514. The molecule has 9 heteroatoms. The molecule has 24 heavy (non-hydrogen) atoms. The number of hydrogen-bond acceptors (Lipinski definition) is 5. The summed E-state index contributed by atoms with van der Waals surface area (Å²) in [6, 6.07) is 0.0401. The van der Waals surface area contributed by atoms with Crippen LogP contribution in [0.2, 0.25) is 10.4 Å². The third kappa shape index (κ3) is 3.57. The third-order valence-corrected chi connectivity index (χ3v) is 4.23. The zero-order chi connectivity index (χ0) is 17.5. The summed E-state index contributed by atoms with van der Waals surface area (Å²) in [5.74, 6) is 0. The van der Waals surface area contributed by atoms with E-state index in [1.807, 2.05) is 25.3 Å². The Morgan fingerprint density at radius 3 is 2.79 bits per heavy atom. The molecule has 1 atom stereocenters. The van der Waals surface area contributed by atoms with E-state index < -0.39 is 5.60 Å². The molecule has 1 aliphatic rings. The molecule has 0 bridgehead atoms. The number of amides is 1. The number of halogens is 2. The molecule has 3 rings (SSSR count). The zero-order valence-corrected chi connectivity index (χ0v) is 15.3. The molecular weight excluding hydrogens is 353 g/mol. The first-order valence-corrected chi connectivity index (χ1v) is 8.54. The van der Waals surface area contributed by atoms with Crippen LogP contribution in [0.4, 0.5) is 4.79 Å². The summed E-state index contributed by atoms with van der Waals surface area (Å²) in [5.41, 5.74) is 0.575. The van der Waals surface area contributed by atoms with Crippen molar-refractivity contribution in [2.75, 3.05) is 13.1 Å². The maximum atomic E-state index is 12.3. The number of likely N-dealkylation sites (tertiary alicyclic amines) is 1. The summed E-state index contributed by atoms with van der Waals surface area (Å²) in [6.07, 6.45) is 3.15. The molecule has 0 aromatic carbocycles.